The summed E-state index contributed by atoms with van der Waals surface area (Å²) >= 11 is 0. The Kier molecular flexibility index (Phi) is 4.73. The van der Waals surface area contributed by atoms with E-state index < -0.39 is 16.8 Å². The lowest BCUT2D eigenvalue weighted by Crippen LogP contribution is -2.35. The van der Waals surface area contributed by atoms with Gasteiger partial charge in [-0.25, -0.2) is 0 Å². The number of Topliss-reactive ketones (excluding diaryl/α,β-unsaturated/α-hetero) is 1. The van der Waals surface area contributed by atoms with Gasteiger partial charge < -0.3 is 18.9 Å². The zero-order valence-electron chi connectivity index (χ0n) is 15.8. The largest absolute Gasteiger partial charge is 0.463 e. The number of rotatable bonds is 4. The van der Waals surface area contributed by atoms with Crippen molar-refractivity contribution in [2.24, 2.45) is 0 Å². The van der Waals surface area contributed by atoms with Crippen molar-refractivity contribution in [3.05, 3.63) is 11.6 Å². The molecule has 144 valence electrons. The second-order valence-corrected chi connectivity index (χ2v) is 7.79. The van der Waals surface area contributed by atoms with Crippen LogP contribution in [0.4, 0.5) is 0 Å². The van der Waals surface area contributed by atoms with Crippen LogP contribution in [0.15, 0.2) is 11.6 Å². The lowest BCUT2D eigenvalue weighted by molar-refractivity contribution is -0.143. The van der Waals surface area contributed by atoms with Crippen LogP contribution in [0.3, 0.4) is 0 Å². The van der Waals surface area contributed by atoms with E-state index in [9.17, 15) is 14.4 Å². The second-order valence-electron chi connectivity index (χ2n) is 7.79. The quantitative estimate of drug-likeness (QED) is 0.554. The van der Waals surface area contributed by atoms with Crippen molar-refractivity contribution in [2.75, 3.05) is 13.2 Å². The highest BCUT2D eigenvalue weighted by Gasteiger charge is 2.72. The van der Waals surface area contributed by atoms with Gasteiger partial charge in [0.05, 0.1) is 6.10 Å². The third kappa shape index (κ3) is 3.55. The Bertz CT molecular complexity index is 669. The smallest absolute Gasteiger partial charge is 0.302 e. The van der Waals surface area contributed by atoms with Gasteiger partial charge in [0.2, 0.25) is 0 Å². The van der Waals surface area contributed by atoms with Crippen LogP contribution in [0.1, 0.15) is 53.4 Å². The Morgan fingerprint density at radius 2 is 1.88 bits per heavy atom. The maximum Gasteiger partial charge on any atom is 0.302 e. The Morgan fingerprint density at radius 3 is 2.54 bits per heavy atom. The van der Waals surface area contributed by atoms with E-state index in [0.717, 1.165) is 0 Å². The highest BCUT2D eigenvalue weighted by Crippen LogP contribution is 2.59. The highest BCUT2D eigenvalue weighted by molar-refractivity contribution is 5.95. The minimum atomic E-state index is -0.728. The van der Waals surface area contributed by atoms with E-state index in [4.69, 9.17) is 18.9 Å². The number of hydrogen-bond acceptors (Lipinski definition) is 7. The zero-order valence-corrected chi connectivity index (χ0v) is 15.8. The molecule has 7 heteroatoms. The van der Waals surface area contributed by atoms with Crippen LogP contribution in [-0.4, -0.2) is 53.8 Å². The molecule has 0 N–H and O–H groups in total. The molecule has 2 heterocycles. The van der Waals surface area contributed by atoms with Gasteiger partial charge in [0, 0.05) is 26.7 Å². The summed E-state index contributed by atoms with van der Waals surface area (Å²) in [6.07, 6.45) is 3.84. The van der Waals surface area contributed by atoms with Gasteiger partial charge in [0.1, 0.15) is 30.0 Å². The summed E-state index contributed by atoms with van der Waals surface area (Å²) in [4.78, 5) is 34.9. The van der Waals surface area contributed by atoms with Gasteiger partial charge >= 0.3 is 11.9 Å². The second kappa shape index (κ2) is 6.46. The molecule has 7 nitrogen and oxygen atoms in total. The van der Waals surface area contributed by atoms with Gasteiger partial charge in [-0.15, -0.1) is 0 Å². The van der Waals surface area contributed by atoms with E-state index in [2.05, 4.69) is 0 Å². The topological polar surface area (TPSA) is 94.7 Å². The number of esters is 2. The first-order chi connectivity index (χ1) is 12.1. The van der Waals surface area contributed by atoms with Crippen molar-refractivity contribution < 1.29 is 33.3 Å². The van der Waals surface area contributed by atoms with E-state index in [0.29, 0.717) is 24.8 Å². The molecule has 2 fully saturated rings. The fraction of sp³-hybridized carbons (Fsp3) is 0.737. The highest BCUT2D eigenvalue weighted by atomic mass is 16.7. The summed E-state index contributed by atoms with van der Waals surface area (Å²) in [7, 11) is 0. The Balaban J connectivity index is 1.79. The summed E-state index contributed by atoms with van der Waals surface area (Å²) in [5.74, 6) is -0.694. The number of allylic oxidation sites excluding steroid dienone is 2. The fourth-order valence-electron chi connectivity index (χ4n) is 3.82. The van der Waals surface area contributed by atoms with Crippen LogP contribution in [0.25, 0.3) is 0 Å². The number of ketones is 1. The summed E-state index contributed by atoms with van der Waals surface area (Å²) in [5, 5.41) is 0. The number of ether oxygens (including phenoxy) is 4. The molecule has 26 heavy (non-hydrogen) atoms. The molecule has 1 spiro atoms. The van der Waals surface area contributed by atoms with E-state index in [1.54, 1.807) is 6.92 Å². The van der Waals surface area contributed by atoms with Crippen molar-refractivity contribution >= 4 is 17.7 Å². The third-order valence-electron chi connectivity index (χ3n) is 5.74. The van der Waals surface area contributed by atoms with Gasteiger partial charge in [0.15, 0.2) is 5.78 Å². The van der Waals surface area contributed by atoms with Crippen LogP contribution in [0.5, 0.6) is 0 Å². The predicted octanol–water partition coefficient (Wildman–Crippen LogP) is 1.87. The van der Waals surface area contributed by atoms with Crippen LogP contribution in [-0.2, 0) is 33.3 Å². The van der Waals surface area contributed by atoms with Crippen LogP contribution in [0, 0.1) is 0 Å². The van der Waals surface area contributed by atoms with Crippen molar-refractivity contribution in [3.8, 4) is 0 Å². The van der Waals surface area contributed by atoms with Crippen molar-refractivity contribution in [1.82, 2.24) is 0 Å². The number of epoxide rings is 2. The summed E-state index contributed by atoms with van der Waals surface area (Å²) in [5.41, 5.74) is -1.28. The van der Waals surface area contributed by atoms with E-state index in [1.165, 1.54) is 13.8 Å². The van der Waals surface area contributed by atoms with E-state index in [1.807, 2.05) is 13.0 Å². The minimum Gasteiger partial charge on any atom is -0.463 e. The number of carbonyl (C=O) groups excluding carboxylic acids is 3. The molecular formula is C19H26O7. The molecule has 3 rings (SSSR count). The normalized spacial score (nSPS) is 40.8. The third-order valence-corrected chi connectivity index (χ3v) is 5.74. The van der Waals surface area contributed by atoms with Crippen molar-refractivity contribution in [1.29, 1.82) is 0 Å². The van der Waals surface area contributed by atoms with Gasteiger partial charge in [-0.2, -0.15) is 0 Å². The Hall–Kier alpha value is -1.73. The number of hydrogen-bond donors (Lipinski definition) is 0. The molecule has 0 aromatic carbocycles. The molecule has 0 aromatic rings. The van der Waals surface area contributed by atoms with Gasteiger partial charge in [-0.3, -0.25) is 14.4 Å². The average molecular weight is 366 g/mol. The zero-order chi connectivity index (χ0) is 19.2. The molecule has 3 aliphatic rings. The standard InChI is InChI=1S/C19H26O7/c1-12-6-5-7-18(11-24-14(3)21)16(25-18)9-19(8-15(12)22)17(4,26-19)10-23-13(2)20/h6,16H,5,7-11H2,1-4H3/b12-6-/t16-,17-,18-,19-/m1/s1. The Morgan fingerprint density at radius 1 is 1.23 bits per heavy atom. The first-order valence-electron chi connectivity index (χ1n) is 8.96. The van der Waals surface area contributed by atoms with Crippen LogP contribution < -0.4 is 0 Å². The molecule has 0 unspecified atom stereocenters. The average Bonchev–Trinajstić information content (AvgIpc) is 3.38. The predicted molar refractivity (Wildman–Crippen MR) is 90.3 cm³/mol. The van der Waals surface area contributed by atoms with Crippen molar-refractivity contribution in [2.45, 2.75) is 76.3 Å². The lowest BCUT2D eigenvalue weighted by Gasteiger charge is -2.19. The number of fused-ring (bicyclic) bond motifs is 1. The lowest BCUT2D eigenvalue weighted by atomic mass is 9.81. The molecule has 2 aliphatic heterocycles. The van der Waals surface area contributed by atoms with Gasteiger partial charge in [-0.05, 0) is 32.3 Å². The van der Waals surface area contributed by atoms with E-state index in [-0.39, 0.29) is 43.5 Å². The molecule has 0 bridgehead atoms. The molecule has 0 amide bonds. The first-order valence-corrected chi connectivity index (χ1v) is 8.96. The van der Waals surface area contributed by atoms with Gasteiger partial charge in [-0.1, -0.05) is 6.08 Å². The maximum absolute atomic E-state index is 12.6. The fourth-order valence-corrected chi connectivity index (χ4v) is 3.82. The van der Waals surface area contributed by atoms with Crippen molar-refractivity contribution in [3.63, 3.8) is 0 Å². The maximum atomic E-state index is 12.6. The van der Waals surface area contributed by atoms with E-state index >= 15 is 0 Å². The molecular weight excluding hydrogens is 340 g/mol. The monoisotopic (exact) mass is 366 g/mol. The number of carbonyl (C=O) groups is 3. The summed E-state index contributed by atoms with van der Waals surface area (Å²) < 4.78 is 22.3. The SMILES string of the molecule is CC(=O)OC[C@]12CC/C=C(/C)C(=O)C[C@]3(C[C@H]1O2)O[C@]3(C)COC(C)=O. The van der Waals surface area contributed by atoms with Crippen LogP contribution >= 0.6 is 0 Å². The molecule has 0 radical (unpaired) electrons. The molecule has 4 atom stereocenters. The molecule has 1 aliphatic carbocycles. The summed E-state index contributed by atoms with van der Waals surface area (Å²) in [6.45, 7) is 6.67. The van der Waals surface area contributed by atoms with Gasteiger partial charge in [0.25, 0.3) is 0 Å². The first kappa shape index (κ1) is 19.0. The molecule has 0 saturated carbocycles. The minimum absolute atomic E-state index is 0.0321. The summed E-state index contributed by atoms with van der Waals surface area (Å²) in [6, 6.07) is 0. The van der Waals surface area contributed by atoms with Crippen LogP contribution in [0.2, 0.25) is 0 Å². The molecule has 2 saturated heterocycles. The molecule has 0 aromatic heterocycles. The Labute approximate surface area is 153 Å².